The first-order valence-electron chi connectivity index (χ1n) is 5.18. The summed E-state index contributed by atoms with van der Waals surface area (Å²) in [5.41, 5.74) is 2.07. The number of carbonyl (C=O) groups excluding carboxylic acids is 1. The van der Waals surface area contributed by atoms with Gasteiger partial charge in [0.15, 0.2) is 0 Å². The summed E-state index contributed by atoms with van der Waals surface area (Å²) >= 11 is 3.43. The van der Waals surface area contributed by atoms with E-state index in [1.165, 1.54) is 0 Å². The van der Waals surface area contributed by atoms with Gasteiger partial charge in [-0.15, -0.1) is 0 Å². The van der Waals surface area contributed by atoms with Gasteiger partial charge in [-0.25, -0.2) is 0 Å². The fourth-order valence-corrected chi connectivity index (χ4v) is 1.89. The molecule has 2 rings (SSSR count). The average Bonchev–Trinajstić information content (AvgIpc) is 2.77. The Morgan fingerprint density at radius 2 is 2.29 bits per heavy atom. The Bertz CT molecular complexity index is 536. The van der Waals surface area contributed by atoms with Gasteiger partial charge < -0.3 is 5.32 Å². The van der Waals surface area contributed by atoms with Crippen LogP contribution in [-0.2, 0) is 11.3 Å². The maximum Gasteiger partial charge on any atom is 0.241 e. The number of halogens is 1. The van der Waals surface area contributed by atoms with E-state index in [4.69, 9.17) is 0 Å². The third kappa shape index (κ3) is 2.94. The smallest absolute Gasteiger partial charge is 0.241 e. The summed E-state index contributed by atoms with van der Waals surface area (Å²) in [6.07, 6.45) is 3.61. The second-order valence-corrected chi connectivity index (χ2v) is 4.53. The van der Waals surface area contributed by atoms with Crippen molar-refractivity contribution in [3.05, 3.63) is 41.1 Å². The van der Waals surface area contributed by atoms with E-state index in [0.717, 1.165) is 15.6 Å². The molecular formula is C12H12BrN3O. The van der Waals surface area contributed by atoms with Crippen LogP contribution in [0.2, 0.25) is 0 Å². The number of likely N-dealkylation sites (N-methyl/N-ethyl adjacent to an activating group) is 1. The van der Waals surface area contributed by atoms with Crippen LogP contribution in [0.4, 0.5) is 0 Å². The van der Waals surface area contributed by atoms with E-state index >= 15 is 0 Å². The third-order valence-corrected chi connectivity index (χ3v) is 2.87. The van der Waals surface area contributed by atoms with Gasteiger partial charge in [-0.3, -0.25) is 9.48 Å². The summed E-state index contributed by atoms with van der Waals surface area (Å²) in [5.74, 6) is -0.0612. The maximum atomic E-state index is 11.2. The molecule has 88 valence electrons. The number of rotatable bonds is 3. The maximum absolute atomic E-state index is 11.2. The second kappa shape index (κ2) is 5.14. The number of amides is 1. The highest BCUT2D eigenvalue weighted by atomic mass is 79.9. The van der Waals surface area contributed by atoms with Gasteiger partial charge in [-0.1, -0.05) is 28.1 Å². The predicted octanol–water partition coefficient (Wildman–Crippen LogP) is 2.06. The molecular weight excluding hydrogens is 282 g/mol. The quantitative estimate of drug-likeness (QED) is 0.942. The van der Waals surface area contributed by atoms with Crippen molar-refractivity contribution in [1.29, 1.82) is 0 Å². The molecule has 0 saturated heterocycles. The highest BCUT2D eigenvalue weighted by molar-refractivity contribution is 9.10. The van der Waals surface area contributed by atoms with Crippen molar-refractivity contribution < 1.29 is 4.79 Å². The minimum atomic E-state index is -0.0612. The molecule has 1 amide bonds. The van der Waals surface area contributed by atoms with E-state index < -0.39 is 0 Å². The van der Waals surface area contributed by atoms with Crippen molar-refractivity contribution in [2.75, 3.05) is 7.05 Å². The van der Waals surface area contributed by atoms with Crippen molar-refractivity contribution in [3.8, 4) is 11.1 Å². The zero-order valence-electron chi connectivity index (χ0n) is 9.35. The SMILES string of the molecule is CNC(=O)Cn1cc(-c2cccc(Br)c2)cn1. The van der Waals surface area contributed by atoms with Gasteiger partial charge in [-0.2, -0.15) is 5.10 Å². The van der Waals surface area contributed by atoms with Gasteiger partial charge >= 0.3 is 0 Å². The second-order valence-electron chi connectivity index (χ2n) is 3.61. The minimum absolute atomic E-state index is 0.0612. The molecule has 4 nitrogen and oxygen atoms in total. The van der Waals surface area contributed by atoms with Crippen LogP contribution < -0.4 is 5.32 Å². The van der Waals surface area contributed by atoms with Gasteiger partial charge in [0.2, 0.25) is 5.91 Å². The molecule has 0 aliphatic carbocycles. The number of nitrogens with one attached hydrogen (secondary N) is 1. The van der Waals surface area contributed by atoms with Crippen LogP contribution in [0.3, 0.4) is 0 Å². The topological polar surface area (TPSA) is 46.9 Å². The fourth-order valence-electron chi connectivity index (χ4n) is 1.49. The predicted molar refractivity (Wildman–Crippen MR) is 69.4 cm³/mol. The van der Waals surface area contributed by atoms with E-state index in [-0.39, 0.29) is 12.5 Å². The molecule has 1 aromatic carbocycles. The Kier molecular flexibility index (Phi) is 3.58. The number of hydrogen-bond acceptors (Lipinski definition) is 2. The van der Waals surface area contributed by atoms with Gasteiger partial charge in [-0.05, 0) is 17.7 Å². The lowest BCUT2D eigenvalue weighted by atomic mass is 10.1. The Balaban J connectivity index is 2.21. The van der Waals surface area contributed by atoms with Crippen LogP contribution >= 0.6 is 15.9 Å². The Labute approximate surface area is 108 Å². The van der Waals surface area contributed by atoms with Crippen molar-refractivity contribution in [2.45, 2.75) is 6.54 Å². The molecule has 0 saturated carbocycles. The number of hydrogen-bond donors (Lipinski definition) is 1. The minimum Gasteiger partial charge on any atom is -0.358 e. The summed E-state index contributed by atoms with van der Waals surface area (Å²) < 4.78 is 2.64. The van der Waals surface area contributed by atoms with Crippen LogP contribution in [-0.4, -0.2) is 22.7 Å². The lowest BCUT2D eigenvalue weighted by molar-refractivity contribution is -0.121. The fraction of sp³-hybridized carbons (Fsp3) is 0.167. The normalized spacial score (nSPS) is 10.2. The van der Waals surface area contributed by atoms with E-state index in [1.807, 2.05) is 30.5 Å². The van der Waals surface area contributed by atoms with Crippen LogP contribution in [0, 0.1) is 0 Å². The number of aromatic nitrogens is 2. The lowest BCUT2D eigenvalue weighted by Crippen LogP contribution is -2.23. The Morgan fingerprint density at radius 3 is 3.00 bits per heavy atom. The van der Waals surface area contributed by atoms with E-state index in [9.17, 15) is 4.79 Å². The third-order valence-electron chi connectivity index (χ3n) is 2.38. The molecule has 2 aromatic rings. The molecule has 1 N–H and O–H groups in total. The Morgan fingerprint density at radius 1 is 1.47 bits per heavy atom. The van der Waals surface area contributed by atoms with Crippen molar-refractivity contribution in [1.82, 2.24) is 15.1 Å². The number of carbonyl (C=O) groups is 1. The van der Waals surface area contributed by atoms with Gasteiger partial charge in [0.05, 0.1) is 6.20 Å². The Hall–Kier alpha value is -1.62. The molecule has 0 fully saturated rings. The lowest BCUT2D eigenvalue weighted by Gasteiger charge is -1.99. The summed E-state index contributed by atoms with van der Waals surface area (Å²) in [5, 5.41) is 6.72. The van der Waals surface area contributed by atoms with Crippen LogP contribution in [0.5, 0.6) is 0 Å². The monoisotopic (exact) mass is 293 g/mol. The summed E-state index contributed by atoms with van der Waals surface area (Å²) in [6.45, 7) is 0.241. The molecule has 1 heterocycles. The summed E-state index contributed by atoms with van der Waals surface area (Å²) in [4.78, 5) is 11.2. The van der Waals surface area contributed by atoms with E-state index in [2.05, 4.69) is 26.3 Å². The zero-order chi connectivity index (χ0) is 12.3. The molecule has 5 heteroatoms. The first kappa shape index (κ1) is 11.9. The number of benzene rings is 1. The molecule has 0 bridgehead atoms. The average molecular weight is 294 g/mol. The molecule has 0 unspecified atom stereocenters. The molecule has 1 aromatic heterocycles. The standard InChI is InChI=1S/C12H12BrN3O/c1-14-12(17)8-16-7-10(6-15-16)9-3-2-4-11(13)5-9/h2-7H,8H2,1H3,(H,14,17). The largest absolute Gasteiger partial charge is 0.358 e. The highest BCUT2D eigenvalue weighted by Gasteiger charge is 2.04. The number of nitrogens with zero attached hydrogens (tertiary/aromatic N) is 2. The summed E-state index contributed by atoms with van der Waals surface area (Å²) in [7, 11) is 1.61. The molecule has 0 aliphatic heterocycles. The first-order chi connectivity index (χ1) is 8.19. The van der Waals surface area contributed by atoms with Gasteiger partial charge in [0.25, 0.3) is 0 Å². The van der Waals surface area contributed by atoms with Crippen LogP contribution in [0.1, 0.15) is 0 Å². The highest BCUT2D eigenvalue weighted by Crippen LogP contribution is 2.22. The summed E-state index contributed by atoms with van der Waals surface area (Å²) in [6, 6.07) is 7.96. The van der Waals surface area contributed by atoms with Gasteiger partial charge in [0, 0.05) is 23.3 Å². The van der Waals surface area contributed by atoms with E-state index in [0.29, 0.717) is 0 Å². The molecule has 0 atom stereocenters. The van der Waals surface area contributed by atoms with Crippen molar-refractivity contribution >= 4 is 21.8 Å². The zero-order valence-corrected chi connectivity index (χ0v) is 10.9. The van der Waals surface area contributed by atoms with Crippen molar-refractivity contribution in [2.24, 2.45) is 0 Å². The van der Waals surface area contributed by atoms with E-state index in [1.54, 1.807) is 17.9 Å². The van der Waals surface area contributed by atoms with Crippen LogP contribution in [0.25, 0.3) is 11.1 Å². The van der Waals surface area contributed by atoms with Crippen molar-refractivity contribution in [3.63, 3.8) is 0 Å². The molecule has 0 spiro atoms. The van der Waals surface area contributed by atoms with Gasteiger partial charge in [0.1, 0.15) is 6.54 Å². The first-order valence-corrected chi connectivity index (χ1v) is 5.97. The molecule has 0 radical (unpaired) electrons. The molecule has 0 aliphatic rings. The molecule has 17 heavy (non-hydrogen) atoms. The van der Waals surface area contributed by atoms with Crippen LogP contribution in [0.15, 0.2) is 41.1 Å².